The second-order valence-electron chi connectivity index (χ2n) is 7.09. The van der Waals surface area contributed by atoms with E-state index in [4.69, 9.17) is 5.11 Å². The molecule has 2 atom stereocenters. The molecule has 0 heterocycles. The molecule has 0 rings (SSSR count). The number of aliphatic carboxylic acids is 2. The van der Waals surface area contributed by atoms with Crippen LogP contribution in [-0.4, -0.2) is 22.2 Å². The molecule has 4 nitrogen and oxygen atoms in total. The molecule has 0 fully saturated rings. The highest BCUT2D eigenvalue weighted by molar-refractivity contribution is 5.72. The first-order chi connectivity index (χ1) is 7.87. The molecule has 0 spiro atoms. The molecular formula is C14H26O4. The predicted octanol–water partition coefficient (Wildman–Crippen LogP) is 3.26. The van der Waals surface area contributed by atoms with Crippen LogP contribution in [0.15, 0.2) is 0 Å². The molecule has 0 aromatic carbocycles. The van der Waals surface area contributed by atoms with E-state index in [1.165, 1.54) is 0 Å². The molecule has 0 aliphatic carbocycles. The zero-order chi connectivity index (χ0) is 14.7. The highest BCUT2D eigenvalue weighted by Crippen LogP contribution is 2.43. The Morgan fingerprint density at radius 3 is 1.61 bits per heavy atom. The van der Waals surface area contributed by atoms with Gasteiger partial charge in [0, 0.05) is 6.42 Å². The lowest BCUT2D eigenvalue weighted by atomic mass is 9.63. The van der Waals surface area contributed by atoms with Crippen LogP contribution in [-0.2, 0) is 9.59 Å². The second kappa shape index (κ2) is 5.72. The van der Waals surface area contributed by atoms with Crippen molar-refractivity contribution >= 4 is 11.9 Å². The van der Waals surface area contributed by atoms with Crippen LogP contribution in [0.2, 0.25) is 0 Å². The van der Waals surface area contributed by atoms with Gasteiger partial charge in [-0.05, 0) is 23.2 Å². The normalized spacial score (nSPS) is 16.1. The fraction of sp³-hybridized carbons (Fsp3) is 0.857. The average Bonchev–Trinajstić information content (AvgIpc) is 2.06. The van der Waals surface area contributed by atoms with Crippen molar-refractivity contribution in [1.29, 1.82) is 0 Å². The number of carboxylic acid groups (broad SMARTS) is 2. The molecule has 0 saturated heterocycles. The molecule has 0 aromatic heterocycles. The van der Waals surface area contributed by atoms with Gasteiger partial charge < -0.3 is 10.2 Å². The maximum Gasteiger partial charge on any atom is 0.307 e. The van der Waals surface area contributed by atoms with Crippen molar-refractivity contribution in [1.82, 2.24) is 0 Å². The van der Waals surface area contributed by atoms with Crippen molar-refractivity contribution in [3.63, 3.8) is 0 Å². The van der Waals surface area contributed by atoms with E-state index in [1.54, 1.807) is 0 Å². The monoisotopic (exact) mass is 258 g/mol. The molecule has 0 saturated carbocycles. The molecule has 2 N–H and O–H groups in total. The Kier molecular flexibility index (Phi) is 5.38. The van der Waals surface area contributed by atoms with Crippen LogP contribution in [0.4, 0.5) is 0 Å². The molecule has 18 heavy (non-hydrogen) atoms. The van der Waals surface area contributed by atoms with Crippen LogP contribution in [0, 0.1) is 22.7 Å². The Hall–Kier alpha value is -1.06. The smallest absolute Gasteiger partial charge is 0.307 e. The summed E-state index contributed by atoms with van der Waals surface area (Å²) in [6.45, 7) is 11.6. The van der Waals surface area contributed by atoms with E-state index in [0.29, 0.717) is 6.42 Å². The number of hydrogen-bond acceptors (Lipinski definition) is 2. The minimum atomic E-state index is -0.873. The largest absolute Gasteiger partial charge is 0.481 e. The van der Waals surface area contributed by atoms with Crippen molar-refractivity contribution in [2.45, 2.75) is 54.4 Å². The van der Waals surface area contributed by atoms with E-state index in [-0.39, 0.29) is 23.2 Å². The van der Waals surface area contributed by atoms with Crippen molar-refractivity contribution in [2.75, 3.05) is 0 Å². The summed E-state index contributed by atoms with van der Waals surface area (Å²) < 4.78 is 0. The Morgan fingerprint density at radius 1 is 0.944 bits per heavy atom. The maximum absolute atomic E-state index is 11.5. The van der Waals surface area contributed by atoms with E-state index in [0.717, 1.165) is 0 Å². The summed E-state index contributed by atoms with van der Waals surface area (Å²) in [5.41, 5.74) is -0.617. The summed E-state index contributed by atoms with van der Waals surface area (Å²) in [6.07, 6.45) is 0.412. The van der Waals surface area contributed by atoms with E-state index < -0.39 is 17.9 Å². The van der Waals surface area contributed by atoms with E-state index in [9.17, 15) is 14.7 Å². The second-order valence-corrected chi connectivity index (χ2v) is 7.09. The van der Waals surface area contributed by atoms with Crippen molar-refractivity contribution in [3.8, 4) is 0 Å². The fourth-order valence-electron chi connectivity index (χ4n) is 2.52. The van der Waals surface area contributed by atoms with E-state index in [1.807, 2.05) is 41.5 Å². The van der Waals surface area contributed by atoms with Crippen LogP contribution >= 0.6 is 0 Å². The summed E-state index contributed by atoms with van der Waals surface area (Å²) in [5, 5.41) is 18.3. The van der Waals surface area contributed by atoms with Crippen molar-refractivity contribution in [3.05, 3.63) is 0 Å². The Bertz CT molecular complexity index is 307. The Balaban J connectivity index is 5.26. The summed E-state index contributed by atoms with van der Waals surface area (Å²) >= 11 is 0. The summed E-state index contributed by atoms with van der Waals surface area (Å²) in [4.78, 5) is 22.3. The zero-order valence-electron chi connectivity index (χ0n) is 12.3. The van der Waals surface area contributed by atoms with Crippen LogP contribution in [0.3, 0.4) is 0 Å². The van der Waals surface area contributed by atoms with E-state index >= 15 is 0 Å². The first kappa shape index (κ1) is 16.9. The lowest BCUT2D eigenvalue weighted by molar-refractivity contribution is -0.152. The average molecular weight is 258 g/mol. The molecule has 2 unspecified atom stereocenters. The lowest BCUT2D eigenvalue weighted by Gasteiger charge is -2.41. The number of hydrogen-bond donors (Lipinski definition) is 2. The third-order valence-electron chi connectivity index (χ3n) is 3.38. The number of carbonyl (C=O) groups is 2. The molecule has 0 aromatic rings. The number of carboxylic acids is 2. The van der Waals surface area contributed by atoms with Gasteiger partial charge in [0.15, 0.2) is 0 Å². The first-order valence-corrected chi connectivity index (χ1v) is 6.32. The Labute approximate surface area is 109 Å². The molecule has 0 radical (unpaired) electrons. The van der Waals surface area contributed by atoms with Gasteiger partial charge in [0.25, 0.3) is 0 Å². The van der Waals surface area contributed by atoms with Crippen molar-refractivity contribution in [2.24, 2.45) is 22.7 Å². The molecule has 0 aliphatic heterocycles. The molecule has 0 amide bonds. The van der Waals surface area contributed by atoms with Gasteiger partial charge in [0.2, 0.25) is 0 Å². The minimum Gasteiger partial charge on any atom is -0.481 e. The summed E-state index contributed by atoms with van der Waals surface area (Å²) in [5.74, 6) is -2.42. The quantitative estimate of drug-likeness (QED) is 0.793. The molecule has 4 heteroatoms. The topological polar surface area (TPSA) is 74.6 Å². The zero-order valence-corrected chi connectivity index (χ0v) is 12.3. The van der Waals surface area contributed by atoms with Crippen LogP contribution in [0.25, 0.3) is 0 Å². The third-order valence-corrected chi connectivity index (χ3v) is 3.38. The molecule has 0 bridgehead atoms. The predicted molar refractivity (Wildman–Crippen MR) is 70.4 cm³/mol. The van der Waals surface area contributed by atoms with Crippen molar-refractivity contribution < 1.29 is 19.8 Å². The van der Waals surface area contributed by atoms with Gasteiger partial charge in [-0.3, -0.25) is 9.59 Å². The van der Waals surface area contributed by atoms with Gasteiger partial charge in [0.05, 0.1) is 5.92 Å². The van der Waals surface area contributed by atoms with E-state index in [2.05, 4.69) is 0 Å². The molecular weight excluding hydrogens is 232 g/mol. The third kappa shape index (κ3) is 5.07. The van der Waals surface area contributed by atoms with Gasteiger partial charge in [-0.2, -0.15) is 0 Å². The van der Waals surface area contributed by atoms with Crippen LogP contribution < -0.4 is 0 Å². The highest BCUT2D eigenvalue weighted by atomic mass is 16.4. The summed E-state index contributed by atoms with van der Waals surface area (Å²) in [7, 11) is 0. The number of rotatable bonds is 5. The molecule has 106 valence electrons. The summed E-state index contributed by atoms with van der Waals surface area (Å²) in [6, 6.07) is 0. The SMILES string of the molecule is CC(C)(C)C(CCC(=O)O)C(C(=O)O)C(C)(C)C. The Morgan fingerprint density at radius 2 is 1.39 bits per heavy atom. The van der Waals surface area contributed by atoms with Gasteiger partial charge in [-0.1, -0.05) is 41.5 Å². The molecule has 0 aliphatic rings. The fourth-order valence-corrected chi connectivity index (χ4v) is 2.52. The van der Waals surface area contributed by atoms with Gasteiger partial charge in [-0.25, -0.2) is 0 Å². The van der Waals surface area contributed by atoms with Crippen LogP contribution in [0.5, 0.6) is 0 Å². The van der Waals surface area contributed by atoms with Gasteiger partial charge >= 0.3 is 11.9 Å². The minimum absolute atomic E-state index is 0.0157. The van der Waals surface area contributed by atoms with Crippen LogP contribution in [0.1, 0.15) is 54.4 Å². The maximum atomic E-state index is 11.5. The van der Waals surface area contributed by atoms with Gasteiger partial charge in [-0.15, -0.1) is 0 Å². The van der Waals surface area contributed by atoms with Gasteiger partial charge in [0.1, 0.15) is 0 Å². The lowest BCUT2D eigenvalue weighted by Crippen LogP contribution is -2.41. The highest BCUT2D eigenvalue weighted by Gasteiger charge is 2.43. The first-order valence-electron chi connectivity index (χ1n) is 6.32. The standard InChI is InChI=1S/C14H26O4/c1-13(2,3)9(7-8-10(15)16)11(12(17)18)14(4,5)6/h9,11H,7-8H2,1-6H3,(H,15,16)(H,17,18).